The summed E-state index contributed by atoms with van der Waals surface area (Å²) in [6, 6.07) is 6.08. The number of nitrogens with one attached hydrogen (secondary N) is 1. The fourth-order valence-electron chi connectivity index (χ4n) is 1.76. The maximum atomic E-state index is 13.3. The highest BCUT2D eigenvalue weighted by molar-refractivity contribution is 9.10. The molecule has 0 fully saturated rings. The Morgan fingerprint density at radius 3 is 2.78 bits per heavy atom. The quantitative estimate of drug-likeness (QED) is 0.459. The first-order chi connectivity index (χ1) is 8.61. The number of rotatable bonds is 4. The SMILES string of the molecule is NNC(Cc1sccc1Br)c1cc(F)ccc1N. The van der Waals surface area contributed by atoms with Gasteiger partial charge in [-0.1, -0.05) is 0 Å². The third kappa shape index (κ3) is 2.89. The van der Waals surface area contributed by atoms with Gasteiger partial charge in [-0.25, -0.2) is 4.39 Å². The first-order valence-corrected chi connectivity index (χ1v) is 7.02. The van der Waals surface area contributed by atoms with Crippen LogP contribution >= 0.6 is 27.3 Å². The average Bonchev–Trinajstić information content (AvgIpc) is 2.75. The molecule has 0 spiro atoms. The van der Waals surface area contributed by atoms with E-state index >= 15 is 0 Å². The maximum absolute atomic E-state index is 13.3. The van der Waals surface area contributed by atoms with Crippen molar-refractivity contribution in [1.82, 2.24) is 5.43 Å². The third-order valence-electron chi connectivity index (χ3n) is 2.71. The van der Waals surface area contributed by atoms with Gasteiger partial charge in [0.15, 0.2) is 0 Å². The number of hydrazine groups is 1. The number of thiophene rings is 1. The van der Waals surface area contributed by atoms with Crippen molar-refractivity contribution in [3.05, 3.63) is 50.4 Å². The predicted molar refractivity (Wildman–Crippen MR) is 76.6 cm³/mol. The van der Waals surface area contributed by atoms with Gasteiger partial charge in [-0.2, -0.15) is 0 Å². The van der Waals surface area contributed by atoms with Gasteiger partial charge in [-0.3, -0.25) is 11.3 Å². The van der Waals surface area contributed by atoms with E-state index in [9.17, 15) is 4.39 Å². The van der Waals surface area contributed by atoms with Gasteiger partial charge in [0, 0.05) is 21.5 Å². The van der Waals surface area contributed by atoms with Crippen molar-refractivity contribution in [2.45, 2.75) is 12.5 Å². The lowest BCUT2D eigenvalue weighted by Crippen LogP contribution is -2.30. The fourth-order valence-corrected chi connectivity index (χ4v) is 3.32. The van der Waals surface area contributed by atoms with Crippen molar-refractivity contribution in [2.24, 2.45) is 5.84 Å². The third-order valence-corrected chi connectivity index (χ3v) is 4.65. The zero-order chi connectivity index (χ0) is 13.1. The molecule has 2 aromatic rings. The van der Waals surface area contributed by atoms with Crippen LogP contribution in [0.3, 0.4) is 0 Å². The van der Waals surface area contributed by atoms with Crippen molar-refractivity contribution in [1.29, 1.82) is 0 Å². The van der Waals surface area contributed by atoms with Crippen LogP contribution in [0.4, 0.5) is 10.1 Å². The van der Waals surface area contributed by atoms with Crippen LogP contribution in [0.2, 0.25) is 0 Å². The van der Waals surface area contributed by atoms with Crippen LogP contribution in [0.1, 0.15) is 16.5 Å². The van der Waals surface area contributed by atoms with E-state index < -0.39 is 0 Å². The second-order valence-corrected chi connectivity index (χ2v) is 5.74. The molecule has 6 heteroatoms. The summed E-state index contributed by atoms with van der Waals surface area (Å²) >= 11 is 5.09. The Hall–Kier alpha value is -0.950. The molecule has 2 rings (SSSR count). The first kappa shape index (κ1) is 13.5. The van der Waals surface area contributed by atoms with Crippen molar-refractivity contribution >= 4 is 33.0 Å². The van der Waals surface area contributed by atoms with Gasteiger partial charge in [-0.05, 0) is 51.1 Å². The highest BCUT2D eigenvalue weighted by atomic mass is 79.9. The molecule has 3 nitrogen and oxygen atoms in total. The Labute approximate surface area is 117 Å². The summed E-state index contributed by atoms with van der Waals surface area (Å²) in [5.41, 5.74) is 9.77. The minimum atomic E-state index is -0.315. The Morgan fingerprint density at radius 1 is 1.39 bits per heavy atom. The van der Waals surface area contributed by atoms with Gasteiger partial charge in [0.05, 0.1) is 6.04 Å². The van der Waals surface area contributed by atoms with Crippen molar-refractivity contribution in [3.8, 4) is 0 Å². The summed E-state index contributed by atoms with van der Waals surface area (Å²) in [4.78, 5) is 1.14. The van der Waals surface area contributed by atoms with Crippen LogP contribution in [0.5, 0.6) is 0 Å². The molecule has 1 atom stereocenters. The van der Waals surface area contributed by atoms with Crippen molar-refractivity contribution < 1.29 is 4.39 Å². The molecular formula is C12H13BrFN3S. The molecule has 0 saturated heterocycles. The Morgan fingerprint density at radius 2 is 2.17 bits per heavy atom. The Balaban J connectivity index is 2.28. The molecule has 0 amide bonds. The van der Waals surface area contributed by atoms with Crippen LogP contribution < -0.4 is 17.0 Å². The molecule has 96 valence electrons. The number of nitrogens with two attached hydrogens (primary N) is 2. The van der Waals surface area contributed by atoms with Gasteiger partial charge in [-0.15, -0.1) is 11.3 Å². The molecule has 1 unspecified atom stereocenters. The predicted octanol–water partition coefficient (Wildman–Crippen LogP) is 2.98. The molecule has 0 aliphatic heterocycles. The summed E-state index contributed by atoms with van der Waals surface area (Å²) < 4.78 is 14.3. The molecular weight excluding hydrogens is 317 g/mol. The van der Waals surface area contributed by atoms with Crippen molar-refractivity contribution in [2.75, 3.05) is 5.73 Å². The molecule has 0 radical (unpaired) electrons. The van der Waals surface area contributed by atoms with Crippen LogP contribution in [-0.4, -0.2) is 0 Å². The lowest BCUT2D eigenvalue weighted by atomic mass is 10.0. The molecule has 1 aromatic carbocycles. The smallest absolute Gasteiger partial charge is 0.123 e. The summed E-state index contributed by atoms with van der Waals surface area (Å²) in [5.74, 6) is 5.24. The summed E-state index contributed by atoms with van der Waals surface area (Å²) in [6.07, 6.45) is 0.655. The normalized spacial score (nSPS) is 12.6. The van der Waals surface area contributed by atoms with E-state index in [2.05, 4.69) is 21.4 Å². The van der Waals surface area contributed by atoms with E-state index in [4.69, 9.17) is 11.6 Å². The molecule has 1 aromatic heterocycles. The largest absolute Gasteiger partial charge is 0.398 e. The van der Waals surface area contributed by atoms with Crippen LogP contribution in [0.25, 0.3) is 0 Å². The second kappa shape index (κ2) is 5.79. The van der Waals surface area contributed by atoms with Gasteiger partial charge < -0.3 is 5.73 Å². The second-order valence-electron chi connectivity index (χ2n) is 3.89. The monoisotopic (exact) mass is 329 g/mol. The van der Waals surface area contributed by atoms with Gasteiger partial charge >= 0.3 is 0 Å². The zero-order valence-corrected chi connectivity index (χ0v) is 11.9. The average molecular weight is 330 g/mol. The fraction of sp³-hybridized carbons (Fsp3) is 0.167. The topological polar surface area (TPSA) is 64.1 Å². The molecule has 0 aliphatic rings. The summed E-state index contributed by atoms with van der Waals surface area (Å²) in [6.45, 7) is 0. The molecule has 0 bridgehead atoms. The number of anilines is 1. The molecule has 5 N–H and O–H groups in total. The van der Waals surface area contributed by atoms with E-state index in [1.165, 1.54) is 12.1 Å². The first-order valence-electron chi connectivity index (χ1n) is 5.34. The Kier molecular flexibility index (Phi) is 4.34. The lowest BCUT2D eigenvalue weighted by Gasteiger charge is -2.18. The standard InChI is InChI=1S/C12H13BrFN3S/c13-9-3-4-18-12(9)6-11(17-16)8-5-7(14)1-2-10(8)15/h1-5,11,17H,6,15-16H2. The van der Waals surface area contributed by atoms with E-state index in [0.29, 0.717) is 17.7 Å². The minimum absolute atomic E-state index is 0.212. The lowest BCUT2D eigenvalue weighted by molar-refractivity contribution is 0.549. The van der Waals surface area contributed by atoms with E-state index in [1.807, 2.05) is 11.4 Å². The highest BCUT2D eigenvalue weighted by Gasteiger charge is 2.16. The van der Waals surface area contributed by atoms with Crippen LogP contribution in [0, 0.1) is 5.82 Å². The summed E-state index contributed by atoms with van der Waals surface area (Å²) in [7, 11) is 0. The zero-order valence-electron chi connectivity index (χ0n) is 9.49. The van der Waals surface area contributed by atoms with Crippen LogP contribution in [0.15, 0.2) is 34.1 Å². The van der Waals surface area contributed by atoms with Crippen LogP contribution in [-0.2, 0) is 6.42 Å². The molecule has 0 saturated carbocycles. The maximum Gasteiger partial charge on any atom is 0.123 e. The Bertz CT molecular complexity index is 544. The minimum Gasteiger partial charge on any atom is -0.398 e. The van der Waals surface area contributed by atoms with E-state index in [-0.39, 0.29) is 11.9 Å². The molecule has 1 heterocycles. The van der Waals surface area contributed by atoms with Gasteiger partial charge in [0.25, 0.3) is 0 Å². The number of nitrogen functional groups attached to an aromatic ring is 1. The van der Waals surface area contributed by atoms with Gasteiger partial charge in [0.2, 0.25) is 0 Å². The number of halogens is 2. The van der Waals surface area contributed by atoms with Crippen molar-refractivity contribution in [3.63, 3.8) is 0 Å². The van der Waals surface area contributed by atoms with Gasteiger partial charge in [0.1, 0.15) is 5.82 Å². The van der Waals surface area contributed by atoms with E-state index in [0.717, 1.165) is 9.35 Å². The summed E-state index contributed by atoms with van der Waals surface area (Å²) in [5, 5.41) is 1.99. The van der Waals surface area contributed by atoms with E-state index in [1.54, 1.807) is 17.4 Å². The highest BCUT2D eigenvalue weighted by Crippen LogP contribution is 2.30. The number of benzene rings is 1. The number of hydrogen-bond donors (Lipinski definition) is 3. The molecule has 0 aliphatic carbocycles. The molecule has 18 heavy (non-hydrogen) atoms. The number of hydrogen-bond acceptors (Lipinski definition) is 4.